The van der Waals surface area contributed by atoms with Gasteiger partial charge in [-0.15, -0.1) is 0 Å². The number of aryl methyl sites for hydroxylation is 3. The number of aliphatic carboxylic acids is 1. The van der Waals surface area contributed by atoms with Crippen molar-refractivity contribution in [3.8, 4) is 17.2 Å². The maximum absolute atomic E-state index is 11.0. The largest absolute Gasteiger partial charge is 0.479 e. The monoisotopic (exact) mass is 406 g/mol. The molecule has 0 bridgehead atoms. The molecule has 4 aromatic rings. The SMILES string of the molecule is CCc1oc(-c2ccccc2)nc1CCc1noc2cc(OC(C)C(=O)O)ccc12. The number of carboxylic acids is 1. The van der Waals surface area contributed by atoms with Gasteiger partial charge >= 0.3 is 5.97 Å². The summed E-state index contributed by atoms with van der Waals surface area (Å²) in [6.45, 7) is 3.52. The van der Waals surface area contributed by atoms with Crippen LogP contribution in [0.4, 0.5) is 0 Å². The minimum Gasteiger partial charge on any atom is -0.479 e. The first-order chi connectivity index (χ1) is 14.5. The molecule has 1 unspecified atom stereocenters. The number of carbonyl (C=O) groups is 1. The molecular formula is C23H22N2O5. The molecule has 2 aromatic carbocycles. The molecule has 0 saturated heterocycles. The summed E-state index contributed by atoms with van der Waals surface area (Å²) in [6.07, 6.45) is 1.14. The Kier molecular flexibility index (Phi) is 5.52. The van der Waals surface area contributed by atoms with Crippen molar-refractivity contribution in [3.63, 3.8) is 0 Å². The fraction of sp³-hybridized carbons (Fsp3) is 0.261. The van der Waals surface area contributed by atoms with Crippen LogP contribution in [0.1, 0.15) is 31.0 Å². The van der Waals surface area contributed by atoms with Crippen LogP contribution in [-0.2, 0) is 24.1 Å². The predicted octanol–water partition coefficient (Wildman–Crippen LogP) is 4.68. The van der Waals surface area contributed by atoms with Crippen molar-refractivity contribution < 1.29 is 23.6 Å². The van der Waals surface area contributed by atoms with Gasteiger partial charge in [0.25, 0.3) is 0 Å². The quantitative estimate of drug-likeness (QED) is 0.453. The van der Waals surface area contributed by atoms with Crippen LogP contribution in [-0.4, -0.2) is 27.3 Å². The number of carboxylic acid groups (broad SMARTS) is 1. The number of benzene rings is 2. The van der Waals surface area contributed by atoms with Crippen molar-refractivity contribution in [1.82, 2.24) is 10.1 Å². The van der Waals surface area contributed by atoms with Crippen LogP contribution >= 0.6 is 0 Å². The summed E-state index contributed by atoms with van der Waals surface area (Å²) in [6, 6.07) is 15.1. The minimum absolute atomic E-state index is 0.428. The van der Waals surface area contributed by atoms with E-state index in [9.17, 15) is 4.79 Å². The molecule has 0 aliphatic rings. The van der Waals surface area contributed by atoms with E-state index in [4.69, 9.17) is 23.8 Å². The molecule has 2 heterocycles. The van der Waals surface area contributed by atoms with E-state index in [1.54, 1.807) is 12.1 Å². The zero-order chi connectivity index (χ0) is 21.1. The summed E-state index contributed by atoms with van der Waals surface area (Å²) in [5.41, 5.74) is 3.24. The molecule has 0 amide bonds. The predicted molar refractivity (Wildman–Crippen MR) is 110 cm³/mol. The van der Waals surface area contributed by atoms with E-state index in [1.807, 2.05) is 43.3 Å². The molecular weight excluding hydrogens is 384 g/mol. The van der Waals surface area contributed by atoms with Gasteiger partial charge in [-0.2, -0.15) is 0 Å². The Bertz CT molecular complexity index is 1160. The van der Waals surface area contributed by atoms with Crippen LogP contribution in [0.3, 0.4) is 0 Å². The van der Waals surface area contributed by atoms with Crippen molar-refractivity contribution in [2.45, 2.75) is 39.2 Å². The maximum Gasteiger partial charge on any atom is 0.344 e. The van der Waals surface area contributed by atoms with Gasteiger partial charge in [0.15, 0.2) is 11.7 Å². The van der Waals surface area contributed by atoms with Gasteiger partial charge in [0.1, 0.15) is 11.5 Å². The van der Waals surface area contributed by atoms with E-state index in [-0.39, 0.29) is 0 Å². The fourth-order valence-electron chi connectivity index (χ4n) is 3.27. The zero-order valence-electron chi connectivity index (χ0n) is 16.8. The molecule has 7 nitrogen and oxygen atoms in total. The number of hydrogen-bond acceptors (Lipinski definition) is 6. The second kappa shape index (κ2) is 8.41. The molecule has 0 saturated carbocycles. The summed E-state index contributed by atoms with van der Waals surface area (Å²) in [5.74, 6) is 0.904. The smallest absolute Gasteiger partial charge is 0.344 e. The molecule has 1 atom stereocenters. The number of hydrogen-bond donors (Lipinski definition) is 1. The molecule has 0 fully saturated rings. The van der Waals surface area contributed by atoms with Gasteiger partial charge in [-0.05, 0) is 44.0 Å². The molecule has 2 aromatic heterocycles. The highest BCUT2D eigenvalue weighted by atomic mass is 16.5. The Hall–Kier alpha value is -3.61. The number of rotatable bonds is 8. The summed E-state index contributed by atoms with van der Waals surface area (Å²) in [7, 11) is 0. The van der Waals surface area contributed by atoms with E-state index in [1.165, 1.54) is 6.92 Å². The average Bonchev–Trinajstić information content (AvgIpc) is 3.36. The van der Waals surface area contributed by atoms with Crippen molar-refractivity contribution >= 4 is 16.9 Å². The van der Waals surface area contributed by atoms with Crippen LogP contribution in [0, 0.1) is 0 Å². The topological polar surface area (TPSA) is 98.6 Å². The molecule has 0 aliphatic heterocycles. The highest BCUT2D eigenvalue weighted by molar-refractivity contribution is 5.81. The summed E-state index contributed by atoms with van der Waals surface area (Å²) in [5, 5.41) is 14.0. The van der Waals surface area contributed by atoms with E-state index in [0.717, 1.165) is 34.5 Å². The Morgan fingerprint density at radius 2 is 1.90 bits per heavy atom. The fourth-order valence-corrected chi connectivity index (χ4v) is 3.27. The molecule has 0 radical (unpaired) electrons. The van der Waals surface area contributed by atoms with Crippen LogP contribution in [0.2, 0.25) is 0 Å². The van der Waals surface area contributed by atoms with Crippen LogP contribution in [0.25, 0.3) is 22.4 Å². The molecule has 7 heteroatoms. The van der Waals surface area contributed by atoms with Gasteiger partial charge in [0, 0.05) is 23.4 Å². The van der Waals surface area contributed by atoms with Gasteiger partial charge in [-0.25, -0.2) is 9.78 Å². The minimum atomic E-state index is -1.03. The summed E-state index contributed by atoms with van der Waals surface area (Å²) >= 11 is 0. The highest BCUT2D eigenvalue weighted by Gasteiger charge is 2.17. The van der Waals surface area contributed by atoms with Gasteiger partial charge < -0.3 is 18.8 Å². The van der Waals surface area contributed by atoms with Crippen molar-refractivity contribution in [2.75, 3.05) is 0 Å². The zero-order valence-corrected chi connectivity index (χ0v) is 16.8. The Morgan fingerprint density at radius 3 is 2.63 bits per heavy atom. The van der Waals surface area contributed by atoms with Crippen molar-refractivity contribution in [2.24, 2.45) is 0 Å². The summed E-state index contributed by atoms with van der Waals surface area (Å²) < 4.78 is 16.8. The van der Waals surface area contributed by atoms with Crippen molar-refractivity contribution in [1.29, 1.82) is 0 Å². The van der Waals surface area contributed by atoms with Crippen molar-refractivity contribution in [3.05, 3.63) is 65.7 Å². The number of oxazole rings is 1. The van der Waals surface area contributed by atoms with Gasteiger partial charge in [0.2, 0.25) is 5.89 Å². The van der Waals surface area contributed by atoms with E-state index >= 15 is 0 Å². The standard InChI is InChI=1S/C23H22N2O5/c1-3-20-19(24-22(29-20)15-7-5-4-6-8-15)12-11-18-17-10-9-16(13-21(17)30-25-18)28-14(2)23(26)27/h4-10,13-14H,3,11-12H2,1-2H3,(H,26,27). The molecule has 0 spiro atoms. The molecule has 30 heavy (non-hydrogen) atoms. The lowest BCUT2D eigenvalue weighted by atomic mass is 10.1. The summed E-state index contributed by atoms with van der Waals surface area (Å²) in [4.78, 5) is 15.7. The second-order valence-electron chi connectivity index (χ2n) is 6.99. The first-order valence-electron chi connectivity index (χ1n) is 9.87. The molecule has 0 aliphatic carbocycles. The first-order valence-corrected chi connectivity index (χ1v) is 9.87. The van der Waals surface area contributed by atoms with E-state index < -0.39 is 12.1 Å². The Morgan fingerprint density at radius 1 is 1.13 bits per heavy atom. The van der Waals surface area contributed by atoms with Crippen LogP contribution < -0.4 is 4.74 Å². The number of nitrogens with zero attached hydrogens (tertiary/aromatic N) is 2. The average molecular weight is 406 g/mol. The third-order valence-electron chi connectivity index (χ3n) is 4.90. The normalized spacial score (nSPS) is 12.2. The lowest BCUT2D eigenvalue weighted by Crippen LogP contribution is -2.22. The number of ether oxygens (including phenoxy) is 1. The van der Waals surface area contributed by atoms with Crippen LogP contribution in [0.5, 0.6) is 5.75 Å². The molecule has 4 rings (SSSR count). The Balaban J connectivity index is 1.51. The Labute approximate surface area is 173 Å². The third kappa shape index (κ3) is 4.05. The van der Waals surface area contributed by atoms with E-state index in [0.29, 0.717) is 30.1 Å². The molecule has 154 valence electrons. The number of fused-ring (bicyclic) bond motifs is 1. The lowest BCUT2D eigenvalue weighted by Gasteiger charge is -2.09. The van der Waals surface area contributed by atoms with Gasteiger partial charge in [-0.3, -0.25) is 0 Å². The number of aromatic nitrogens is 2. The highest BCUT2D eigenvalue weighted by Crippen LogP contribution is 2.27. The second-order valence-corrected chi connectivity index (χ2v) is 6.99. The molecule has 1 N–H and O–H groups in total. The lowest BCUT2D eigenvalue weighted by molar-refractivity contribution is -0.144. The maximum atomic E-state index is 11.0. The van der Waals surface area contributed by atoms with Gasteiger partial charge in [0.05, 0.1) is 11.4 Å². The third-order valence-corrected chi connectivity index (χ3v) is 4.90. The van der Waals surface area contributed by atoms with Gasteiger partial charge in [-0.1, -0.05) is 30.3 Å². The first kappa shape index (κ1) is 19.7. The van der Waals surface area contributed by atoms with E-state index in [2.05, 4.69) is 5.16 Å². The van der Waals surface area contributed by atoms with Crippen LogP contribution in [0.15, 0.2) is 57.5 Å².